The van der Waals surface area contributed by atoms with E-state index >= 15 is 0 Å². The van der Waals surface area contributed by atoms with Gasteiger partial charge in [0, 0.05) is 4.47 Å². The number of nitrogens with one attached hydrogen (secondary N) is 2. The molecule has 0 atom stereocenters. The van der Waals surface area contributed by atoms with Crippen LogP contribution in [0.2, 0.25) is 0 Å². The third-order valence-electron chi connectivity index (χ3n) is 3.89. The number of ether oxygens (including phenoxy) is 2. The van der Waals surface area contributed by atoms with Gasteiger partial charge in [0.05, 0.1) is 11.1 Å². The lowest BCUT2D eigenvalue weighted by molar-refractivity contribution is 0.0843. The van der Waals surface area contributed by atoms with E-state index in [4.69, 9.17) is 9.47 Å². The van der Waals surface area contributed by atoms with E-state index < -0.39 is 11.8 Å². The van der Waals surface area contributed by atoms with Crippen molar-refractivity contribution < 1.29 is 19.1 Å². The van der Waals surface area contributed by atoms with Crippen LogP contribution in [0, 0.1) is 0 Å². The van der Waals surface area contributed by atoms with Crippen LogP contribution in [-0.4, -0.2) is 25.0 Å². The van der Waals surface area contributed by atoms with E-state index in [1.165, 1.54) is 0 Å². The summed E-state index contributed by atoms with van der Waals surface area (Å²) in [6.45, 7) is 0.598. The van der Waals surface area contributed by atoms with Gasteiger partial charge in [-0.15, -0.1) is 0 Å². The van der Waals surface area contributed by atoms with E-state index in [0.717, 1.165) is 5.75 Å². The molecule has 0 heterocycles. The van der Waals surface area contributed by atoms with Gasteiger partial charge in [-0.2, -0.15) is 0 Å². The zero-order valence-corrected chi connectivity index (χ0v) is 17.0. The molecule has 0 saturated heterocycles. The molecule has 0 spiro atoms. The number of para-hydroxylation sites is 2. The molecular formula is C22H19BrN2O4. The number of amides is 2. The molecule has 0 aromatic heterocycles. The molecule has 0 aliphatic heterocycles. The number of halogens is 1. The van der Waals surface area contributed by atoms with E-state index in [1.54, 1.807) is 48.5 Å². The van der Waals surface area contributed by atoms with Crippen molar-refractivity contribution in [3.8, 4) is 11.5 Å². The van der Waals surface area contributed by atoms with Crippen molar-refractivity contribution in [2.24, 2.45) is 0 Å². The van der Waals surface area contributed by atoms with Crippen LogP contribution in [0.15, 0.2) is 83.3 Å². The van der Waals surface area contributed by atoms with Crippen LogP contribution >= 0.6 is 15.9 Å². The Balaban J connectivity index is 1.54. The Morgan fingerprint density at radius 1 is 0.690 bits per heavy atom. The molecule has 7 heteroatoms. The molecule has 0 radical (unpaired) electrons. The van der Waals surface area contributed by atoms with Crippen molar-refractivity contribution >= 4 is 27.7 Å². The minimum absolute atomic E-state index is 0.266. The summed E-state index contributed by atoms with van der Waals surface area (Å²) in [7, 11) is 0. The molecule has 0 saturated carbocycles. The Kier molecular flexibility index (Phi) is 7.24. The van der Waals surface area contributed by atoms with Gasteiger partial charge in [-0.05, 0) is 52.3 Å². The van der Waals surface area contributed by atoms with Crippen LogP contribution in [0.1, 0.15) is 20.7 Å². The van der Waals surface area contributed by atoms with Crippen molar-refractivity contribution in [1.29, 1.82) is 0 Å². The van der Waals surface area contributed by atoms with E-state index in [0.29, 0.717) is 28.0 Å². The van der Waals surface area contributed by atoms with Gasteiger partial charge >= 0.3 is 0 Å². The fourth-order valence-corrected chi connectivity index (χ4v) is 2.97. The Labute approximate surface area is 176 Å². The molecule has 3 rings (SSSR count). The molecule has 3 aromatic rings. The van der Waals surface area contributed by atoms with Gasteiger partial charge in [0.1, 0.15) is 24.7 Å². The van der Waals surface area contributed by atoms with E-state index in [1.807, 2.05) is 30.3 Å². The fraction of sp³-hybridized carbons (Fsp3) is 0.0909. The quantitative estimate of drug-likeness (QED) is 0.418. The number of hydrogen-bond donors (Lipinski definition) is 2. The molecule has 2 N–H and O–H groups in total. The standard InChI is InChI=1S/C22H19BrN2O4/c23-19-12-6-4-10-17(19)21(26)24-25-22(27)18-11-5-7-13-20(18)29-15-14-28-16-8-2-1-3-9-16/h1-13H,14-15H2,(H,24,26)(H,25,27). The second-order valence-electron chi connectivity index (χ2n) is 5.89. The van der Waals surface area contributed by atoms with Crippen molar-refractivity contribution in [2.75, 3.05) is 13.2 Å². The van der Waals surface area contributed by atoms with Crippen molar-refractivity contribution in [3.63, 3.8) is 0 Å². The Hall–Kier alpha value is -3.32. The molecular weight excluding hydrogens is 436 g/mol. The summed E-state index contributed by atoms with van der Waals surface area (Å²) in [5, 5.41) is 0. The molecule has 0 aliphatic rings. The zero-order chi connectivity index (χ0) is 20.5. The number of hydrogen-bond acceptors (Lipinski definition) is 4. The highest BCUT2D eigenvalue weighted by Crippen LogP contribution is 2.18. The lowest BCUT2D eigenvalue weighted by atomic mass is 10.2. The number of rotatable bonds is 7. The summed E-state index contributed by atoms with van der Waals surface area (Å²) in [4.78, 5) is 24.7. The van der Waals surface area contributed by atoms with Crippen molar-refractivity contribution in [3.05, 3.63) is 94.5 Å². The van der Waals surface area contributed by atoms with Crippen LogP contribution in [0.3, 0.4) is 0 Å². The lowest BCUT2D eigenvalue weighted by Gasteiger charge is -2.13. The molecule has 29 heavy (non-hydrogen) atoms. The average Bonchev–Trinajstić information content (AvgIpc) is 2.76. The predicted molar refractivity (Wildman–Crippen MR) is 113 cm³/mol. The van der Waals surface area contributed by atoms with Crippen LogP contribution in [0.25, 0.3) is 0 Å². The summed E-state index contributed by atoms with van der Waals surface area (Å²) >= 11 is 3.31. The first kappa shape index (κ1) is 20.4. The summed E-state index contributed by atoms with van der Waals surface area (Å²) in [5.74, 6) is 0.235. The molecule has 6 nitrogen and oxygen atoms in total. The number of benzene rings is 3. The topological polar surface area (TPSA) is 76.7 Å². The fourth-order valence-electron chi connectivity index (χ4n) is 2.50. The SMILES string of the molecule is O=C(NNC(=O)c1ccccc1OCCOc1ccccc1)c1ccccc1Br. The maximum absolute atomic E-state index is 12.5. The molecule has 148 valence electrons. The smallest absolute Gasteiger partial charge is 0.273 e. The largest absolute Gasteiger partial charge is 0.490 e. The summed E-state index contributed by atoms with van der Waals surface area (Å²) < 4.78 is 11.9. The van der Waals surface area contributed by atoms with Crippen LogP contribution in [0.4, 0.5) is 0 Å². The molecule has 0 unspecified atom stereocenters. The molecule has 0 aliphatic carbocycles. The van der Waals surface area contributed by atoms with Crippen LogP contribution < -0.4 is 20.3 Å². The van der Waals surface area contributed by atoms with Crippen LogP contribution in [-0.2, 0) is 0 Å². The molecule has 2 amide bonds. The van der Waals surface area contributed by atoms with Gasteiger partial charge in [-0.3, -0.25) is 20.4 Å². The van der Waals surface area contributed by atoms with Gasteiger partial charge in [0.15, 0.2) is 0 Å². The van der Waals surface area contributed by atoms with Gasteiger partial charge in [-0.25, -0.2) is 0 Å². The first-order chi connectivity index (χ1) is 14.1. The van der Waals surface area contributed by atoms with Gasteiger partial charge in [0.2, 0.25) is 0 Å². The zero-order valence-electron chi connectivity index (χ0n) is 15.4. The average molecular weight is 455 g/mol. The first-order valence-electron chi connectivity index (χ1n) is 8.90. The second-order valence-corrected chi connectivity index (χ2v) is 6.75. The molecule has 3 aromatic carbocycles. The third-order valence-corrected chi connectivity index (χ3v) is 4.58. The lowest BCUT2D eigenvalue weighted by Crippen LogP contribution is -2.41. The minimum Gasteiger partial charge on any atom is -0.490 e. The van der Waals surface area contributed by atoms with Gasteiger partial charge in [-0.1, -0.05) is 42.5 Å². The summed E-state index contributed by atoms with van der Waals surface area (Å²) in [6.07, 6.45) is 0. The Morgan fingerprint density at radius 3 is 1.97 bits per heavy atom. The minimum atomic E-state index is -0.481. The monoisotopic (exact) mass is 454 g/mol. The molecule has 0 bridgehead atoms. The summed E-state index contributed by atoms with van der Waals surface area (Å²) in [5.41, 5.74) is 5.53. The third kappa shape index (κ3) is 5.83. The second kappa shape index (κ2) is 10.3. The Morgan fingerprint density at radius 2 is 1.24 bits per heavy atom. The first-order valence-corrected chi connectivity index (χ1v) is 9.69. The van der Waals surface area contributed by atoms with Crippen LogP contribution in [0.5, 0.6) is 11.5 Å². The summed E-state index contributed by atoms with van der Waals surface area (Å²) in [6, 6.07) is 23.1. The van der Waals surface area contributed by atoms with Gasteiger partial charge in [0.25, 0.3) is 11.8 Å². The Bertz CT molecular complexity index is 979. The van der Waals surface area contributed by atoms with E-state index in [9.17, 15) is 9.59 Å². The number of carbonyl (C=O) groups excluding carboxylic acids is 2. The van der Waals surface area contributed by atoms with Crippen molar-refractivity contribution in [2.45, 2.75) is 0 Å². The predicted octanol–water partition coefficient (Wildman–Crippen LogP) is 3.98. The maximum atomic E-state index is 12.5. The highest BCUT2D eigenvalue weighted by Gasteiger charge is 2.14. The number of carbonyl (C=O) groups is 2. The van der Waals surface area contributed by atoms with Crippen molar-refractivity contribution in [1.82, 2.24) is 10.9 Å². The normalized spacial score (nSPS) is 10.1. The van der Waals surface area contributed by atoms with E-state index in [2.05, 4.69) is 26.8 Å². The maximum Gasteiger partial charge on any atom is 0.273 e. The van der Waals surface area contributed by atoms with E-state index in [-0.39, 0.29) is 6.61 Å². The highest BCUT2D eigenvalue weighted by molar-refractivity contribution is 9.10. The molecule has 0 fully saturated rings. The van der Waals surface area contributed by atoms with Gasteiger partial charge < -0.3 is 9.47 Å². The number of hydrazine groups is 1. The highest BCUT2D eigenvalue weighted by atomic mass is 79.9.